The van der Waals surface area contributed by atoms with Gasteiger partial charge in [-0.05, 0) is 30.5 Å². The minimum atomic E-state index is -0.979. The second-order valence-corrected chi connectivity index (χ2v) is 4.47. The molecule has 0 bridgehead atoms. The molecule has 1 atom stereocenters. The van der Waals surface area contributed by atoms with E-state index in [0.29, 0.717) is 6.42 Å². The van der Waals surface area contributed by atoms with Gasteiger partial charge < -0.3 is 5.11 Å². The Morgan fingerprint density at radius 1 is 1.64 bits per heavy atom. The van der Waals surface area contributed by atoms with Gasteiger partial charge in [0.1, 0.15) is 5.38 Å². The van der Waals surface area contributed by atoms with Crippen molar-refractivity contribution in [2.24, 2.45) is 0 Å². The summed E-state index contributed by atoms with van der Waals surface area (Å²) in [6, 6.07) is 5.70. The molecular weight excluding hydrogens is 267 g/mol. The molecule has 0 aliphatic heterocycles. The Bertz CT molecular complexity index is 352. The molecule has 0 fully saturated rings. The first-order valence-electron chi connectivity index (χ1n) is 4.12. The molecule has 0 spiro atoms. The van der Waals surface area contributed by atoms with Crippen molar-refractivity contribution in [3.63, 3.8) is 0 Å². The predicted octanol–water partition coefficient (Wildman–Crippen LogP) is 2.99. The van der Waals surface area contributed by atoms with Crippen molar-refractivity contribution in [1.82, 2.24) is 0 Å². The minimum absolute atomic E-state index is 0.352. The number of alkyl halides is 1. The smallest absolute Gasteiger partial charge is 0.321 e. The van der Waals surface area contributed by atoms with E-state index in [2.05, 4.69) is 15.9 Å². The molecule has 1 aromatic carbocycles. The summed E-state index contributed by atoms with van der Waals surface area (Å²) in [6.07, 6.45) is 0.352. The molecule has 0 saturated heterocycles. The van der Waals surface area contributed by atoms with Crippen LogP contribution in [0.3, 0.4) is 0 Å². The van der Waals surface area contributed by atoms with E-state index in [1.165, 1.54) is 0 Å². The molecule has 0 aliphatic rings. The zero-order valence-electron chi connectivity index (χ0n) is 7.63. The van der Waals surface area contributed by atoms with Gasteiger partial charge in [-0.2, -0.15) is 0 Å². The van der Waals surface area contributed by atoms with E-state index in [-0.39, 0.29) is 0 Å². The Labute approximate surface area is 96.0 Å². The molecule has 0 saturated carbocycles. The van der Waals surface area contributed by atoms with Crippen LogP contribution in [-0.4, -0.2) is 16.5 Å². The van der Waals surface area contributed by atoms with Crippen LogP contribution in [0.25, 0.3) is 0 Å². The molecule has 1 unspecified atom stereocenters. The number of aryl methyl sites for hydroxylation is 1. The summed E-state index contributed by atoms with van der Waals surface area (Å²) in [6.45, 7) is 1.96. The lowest BCUT2D eigenvalue weighted by Crippen LogP contribution is -2.15. The van der Waals surface area contributed by atoms with Crippen LogP contribution < -0.4 is 0 Å². The Morgan fingerprint density at radius 3 is 2.79 bits per heavy atom. The highest BCUT2D eigenvalue weighted by atomic mass is 79.9. The molecule has 0 heterocycles. The zero-order chi connectivity index (χ0) is 10.7. The lowest BCUT2D eigenvalue weighted by Gasteiger charge is -2.06. The quantitative estimate of drug-likeness (QED) is 0.863. The summed E-state index contributed by atoms with van der Waals surface area (Å²) in [5.41, 5.74) is 2.02. The summed E-state index contributed by atoms with van der Waals surface area (Å²) in [7, 11) is 0. The van der Waals surface area contributed by atoms with Gasteiger partial charge in [-0.15, -0.1) is 11.6 Å². The molecule has 76 valence electrons. The molecular formula is C10H10BrClO2. The first kappa shape index (κ1) is 11.5. The summed E-state index contributed by atoms with van der Waals surface area (Å²) in [5.74, 6) is -0.979. The fourth-order valence-electron chi connectivity index (χ4n) is 1.13. The third-order valence-electron chi connectivity index (χ3n) is 1.91. The molecule has 0 aliphatic carbocycles. The van der Waals surface area contributed by atoms with Crippen LogP contribution in [0, 0.1) is 6.92 Å². The summed E-state index contributed by atoms with van der Waals surface area (Å²) < 4.78 is 1.02. The molecule has 1 N–H and O–H groups in total. The monoisotopic (exact) mass is 276 g/mol. The molecule has 0 amide bonds. The maximum absolute atomic E-state index is 10.5. The number of aliphatic carboxylic acids is 1. The van der Waals surface area contributed by atoms with E-state index in [0.717, 1.165) is 15.6 Å². The van der Waals surface area contributed by atoms with Crippen molar-refractivity contribution >= 4 is 33.5 Å². The third kappa shape index (κ3) is 3.00. The zero-order valence-corrected chi connectivity index (χ0v) is 9.97. The topological polar surface area (TPSA) is 37.3 Å². The van der Waals surface area contributed by atoms with Crippen LogP contribution in [0.2, 0.25) is 0 Å². The molecule has 0 aromatic heterocycles. The molecule has 1 rings (SSSR count). The third-order valence-corrected chi connectivity index (χ3v) is 3.14. The second kappa shape index (κ2) is 4.80. The highest BCUT2D eigenvalue weighted by molar-refractivity contribution is 9.10. The van der Waals surface area contributed by atoms with Crippen molar-refractivity contribution < 1.29 is 9.90 Å². The number of benzene rings is 1. The van der Waals surface area contributed by atoms with Crippen LogP contribution in [-0.2, 0) is 11.2 Å². The van der Waals surface area contributed by atoms with Gasteiger partial charge in [-0.1, -0.05) is 28.1 Å². The van der Waals surface area contributed by atoms with E-state index < -0.39 is 11.3 Å². The minimum Gasteiger partial charge on any atom is -0.480 e. The van der Waals surface area contributed by atoms with E-state index in [9.17, 15) is 4.79 Å². The fraction of sp³-hybridized carbons (Fsp3) is 0.300. The standard InChI is InChI=1S/C10H10BrClO2/c1-6-4-7(2-3-8(6)11)5-9(12)10(13)14/h2-4,9H,5H2,1H3,(H,13,14). The highest BCUT2D eigenvalue weighted by Crippen LogP contribution is 2.18. The first-order chi connectivity index (χ1) is 6.50. The normalized spacial score (nSPS) is 12.5. The lowest BCUT2D eigenvalue weighted by atomic mass is 10.1. The molecule has 4 heteroatoms. The first-order valence-corrected chi connectivity index (χ1v) is 5.35. The predicted molar refractivity (Wildman–Crippen MR) is 59.9 cm³/mol. The van der Waals surface area contributed by atoms with Gasteiger partial charge in [0.15, 0.2) is 0 Å². The fourth-order valence-corrected chi connectivity index (χ4v) is 1.55. The molecule has 14 heavy (non-hydrogen) atoms. The van der Waals surface area contributed by atoms with Gasteiger partial charge in [-0.3, -0.25) is 4.79 Å². The summed E-state index contributed by atoms with van der Waals surface area (Å²) in [5, 5.41) is 7.77. The van der Waals surface area contributed by atoms with Crippen LogP contribution in [0.5, 0.6) is 0 Å². The molecule has 0 radical (unpaired) electrons. The maximum atomic E-state index is 10.5. The van der Waals surface area contributed by atoms with Gasteiger partial charge in [0, 0.05) is 4.47 Å². The number of carboxylic acids is 1. The molecule has 1 aromatic rings. The second-order valence-electron chi connectivity index (χ2n) is 3.09. The van der Waals surface area contributed by atoms with Gasteiger partial charge in [0.2, 0.25) is 0 Å². The van der Waals surface area contributed by atoms with E-state index in [4.69, 9.17) is 16.7 Å². The lowest BCUT2D eigenvalue weighted by molar-refractivity contribution is -0.136. The van der Waals surface area contributed by atoms with Gasteiger partial charge in [0.25, 0.3) is 0 Å². The average Bonchev–Trinajstić information content (AvgIpc) is 2.11. The van der Waals surface area contributed by atoms with Crippen LogP contribution in [0.15, 0.2) is 22.7 Å². The maximum Gasteiger partial charge on any atom is 0.321 e. The van der Waals surface area contributed by atoms with Gasteiger partial charge >= 0.3 is 5.97 Å². The number of hydrogen-bond acceptors (Lipinski definition) is 1. The van der Waals surface area contributed by atoms with E-state index in [1.54, 1.807) is 0 Å². The number of carbonyl (C=O) groups is 1. The van der Waals surface area contributed by atoms with Gasteiger partial charge in [0.05, 0.1) is 0 Å². The van der Waals surface area contributed by atoms with Crippen molar-refractivity contribution in [3.05, 3.63) is 33.8 Å². The van der Waals surface area contributed by atoms with Crippen molar-refractivity contribution in [1.29, 1.82) is 0 Å². The van der Waals surface area contributed by atoms with E-state index in [1.807, 2.05) is 25.1 Å². The van der Waals surface area contributed by atoms with Gasteiger partial charge in [-0.25, -0.2) is 0 Å². The number of halogens is 2. The average molecular weight is 278 g/mol. The SMILES string of the molecule is Cc1cc(CC(Cl)C(=O)O)ccc1Br. The Hall–Kier alpha value is -0.540. The number of rotatable bonds is 3. The molecule has 2 nitrogen and oxygen atoms in total. The van der Waals surface area contributed by atoms with Crippen molar-refractivity contribution in [2.45, 2.75) is 18.7 Å². The summed E-state index contributed by atoms with van der Waals surface area (Å²) >= 11 is 9.01. The highest BCUT2D eigenvalue weighted by Gasteiger charge is 2.14. The summed E-state index contributed by atoms with van der Waals surface area (Å²) in [4.78, 5) is 10.5. The Balaban J connectivity index is 2.78. The number of hydrogen-bond donors (Lipinski definition) is 1. The van der Waals surface area contributed by atoms with Crippen molar-refractivity contribution in [2.75, 3.05) is 0 Å². The van der Waals surface area contributed by atoms with Crippen LogP contribution in [0.1, 0.15) is 11.1 Å². The van der Waals surface area contributed by atoms with Crippen molar-refractivity contribution in [3.8, 4) is 0 Å². The Kier molecular flexibility index (Phi) is 3.96. The van der Waals surface area contributed by atoms with E-state index >= 15 is 0 Å². The van der Waals surface area contributed by atoms with Crippen LogP contribution >= 0.6 is 27.5 Å². The number of carboxylic acid groups (broad SMARTS) is 1. The largest absolute Gasteiger partial charge is 0.480 e. The van der Waals surface area contributed by atoms with Crippen LogP contribution in [0.4, 0.5) is 0 Å². The Morgan fingerprint density at radius 2 is 2.29 bits per heavy atom.